The van der Waals surface area contributed by atoms with Crippen molar-refractivity contribution in [3.8, 4) is 0 Å². The van der Waals surface area contributed by atoms with Crippen LogP contribution in [-0.2, 0) is 0 Å². The summed E-state index contributed by atoms with van der Waals surface area (Å²) < 4.78 is 0. The molecule has 2 rings (SSSR count). The van der Waals surface area contributed by atoms with Crippen molar-refractivity contribution in [2.75, 3.05) is 36.5 Å². The standard InChI is InChI=1S/C13H22N6O/c1-3-5-14-13-16-11-10(9-15-18-11)12(17-13)19(6-4-2)7-8-20/h9,20H,3-8H2,1-2H3,(H2,14,15,16,17,18). The molecule has 0 amide bonds. The molecule has 2 aromatic heterocycles. The lowest BCUT2D eigenvalue weighted by molar-refractivity contribution is 0.301. The summed E-state index contributed by atoms with van der Waals surface area (Å²) in [6.45, 7) is 6.52. The number of aliphatic hydroxyl groups is 1. The summed E-state index contributed by atoms with van der Waals surface area (Å²) in [7, 11) is 0. The Balaban J connectivity index is 2.39. The fourth-order valence-corrected chi connectivity index (χ4v) is 2.09. The molecule has 2 heterocycles. The SMILES string of the molecule is CCCNc1nc(N(CCC)CCO)c2cn[nH]c2n1. The van der Waals surface area contributed by atoms with Gasteiger partial charge in [0.1, 0.15) is 5.82 Å². The van der Waals surface area contributed by atoms with E-state index in [1.165, 1.54) is 0 Å². The maximum atomic E-state index is 9.23. The molecule has 0 aliphatic rings. The summed E-state index contributed by atoms with van der Waals surface area (Å²) >= 11 is 0. The topological polar surface area (TPSA) is 90.0 Å². The summed E-state index contributed by atoms with van der Waals surface area (Å²) in [4.78, 5) is 11.1. The fourth-order valence-electron chi connectivity index (χ4n) is 2.09. The molecule has 0 aliphatic heterocycles. The predicted octanol–water partition coefficient (Wildman–Crippen LogP) is 1.38. The van der Waals surface area contributed by atoms with Gasteiger partial charge < -0.3 is 15.3 Å². The Hall–Kier alpha value is -1.89. The number of aromatic amines is 1. The van der Waals surface area contributed by atoms with E-state index in [-0.39, 0.29) is 6.61 Å². The Morgan fingerprint density at radius 1 is 1.25 bits per heavy atom. The largest absolute Gasteiger partial charge is 0.395 e. The van der Waals surface area contributed by atoms with E-state index in [0.717, 1.165) is 37.1 Å². The van der Waals surface area contributed by atoms with Gasteiger partial charge in [0.25, 0.3) is 0 Å². The van der Waals surface area contributed by atoms with Crippen molar-refractivity contribution in [3.05, 3.63) is 6.20 Å². The van der Waals surface area contributed by atoms with Crippen molar-refractivity contribution in [3.63, 3.8) is 0 Å². The maximum absolute atomic E-state index is 9.23. The number of fused-ring (bicyclic) bond motifs is 1. The Morgan fingerprint density at radius 2 is 2.10 bits per heavy atom. The molecule has 7 nitrogen and oxygen atoms in total. The van der Waals surface area contributed by atoms with Gasteiger partial charge in [0.15, 0.2) is 5.65 Å². The fraction of sp³-hybridized carbons (Fsp3) is 0.615. The van der Waals surface area contributed by atoms with Crippen LogP contribution in [0.5, 0.6) is 0 Å². The monoisotopic (exact) mass is 278 g/mol. The first-order valence-corrected chi connectivity index (χ1v) is 7.10. The Bertz CT molecular complexity index is 535. The van der Waals surface area contributed by atoms with Crippen LogP contribution in [0.15, 0.2) is 6.20 Å². The highest BCUT2D eigenvalue weighted by Gasteiger charge is 2.15. The first-order valence-electron chi connectivity index (χ1n) is 7.10. The average molecular weight is 278 g/mol. The van der Waals surface area contributed by atoms with Gasteiger partial charge in [-0.05, 0) is 12.8 Å². The van der Waals surface area contributed by atoms with Gasteiger partial charge in [-0.25, -0.2) is 0 Å². The van der Waals surface area contributed by atoms with E-state index in [2.05, 4.69) is 44.2 Å². The van der Waals surface area contributed by atoms with E-state index in [1.807, 2.05) is 0 Å². The van der Waals surface area contributed by atoms with Crippen LogP contribution in [0.4, 0.5) is 11.8 Å². The van der Waals surface area contributed by atoms with E-state index < -0.39 is 0 Å². The van der Waals surface area contributed by atoms with Gasteiger partial charge in [0.05, 0.1) is 18.2 Å². The normalized spacial score (nSPS) is 10.9. The van der Waals surface area contributed by atoms with Gasteiger partial charge in [-0.1, -0.05) is 13.8 Å². The molecule has 3 N–H and O–H groups in total. The Labute approximate surface area is 118 Å². The summed E-state index contributed by atoms with van der Waals surface area (Å²) in [6.07, 6.45) is 3.73. The number of hydrogen-bond donors (Lipinski definition) is 3. The average Bonchev–Trinajstić information content (AvgIpc) is 2.92. The molecule has 0 aliphatic carbocycles. The molecule has 0 fully saturated rings. The highest BCUT2D eigenvalue weighted by molar-refractivity contribution is 5.87. The third kappa shape index (κ3) is 3.16. The number of H-pyrrole nitrogens is 1. The highest BCUT2D eigenvalue weighted by atomic mass is 16.3. The van der Waals surface area contributed by atoms with Crippen molar-refractivity contribution in [1.82, 2.24) is 20.2 Å². The molecule has 20 heavy (non-hydrogen) atoms. The third-order valence-electron chi connectivity index (χ3n) is 2.99. The van der Waals surface area contributed by atoms with E-state index in [9.17, 15) is 5.11 Å². The number of aromatic nitrogens is 4. The quantitative estimate of drug-likeness (QED) is 0.676. The van der Waals surface area contributed by atoms with E-state index >= 15 is 0 Å². The summed E-state index contributed by atoms with van der Waals surface area (Å²) in [5, 5.41) is 20.2. The van der Waals surface area contributed by atoms with Gasteiger partial charge >= 0.3 is 0 Å². The molecule has 0 aromatic carbocycles. The van der Waals surface area contributed by atoms with Gasteiger partial charge in [-0.3, -0.25) is 5.10 Å². The van der Waals surface area contributed by atoms with Crippen molar-refractivity contribution >= 4 is 22.8 Å². The predicted molar refractivity (Wildman–Crippen MR) is 80.1 cm³/mol. The van der Waals surface area contributed by atoms with Gasteiger partial charge in [-0.15, -0.1) is 0 Å². The molecule has 0 saturated carbocycles. The Kier molecular flexibility index (Phi) is 5.11. The lowest BCUT2D eigenvalue weighted by Crippen LogP contribution is -2.28. The minimum Gasteiger partial charge on any atom is -0.395 e. The summed E-state index contributed by atoms with van der Waals surface area (Å²) in [5.74, 6) is 1.41. The number of hydrogen-bond acceptors (Lipinski definition) is 6. The molecule has 0 saturated heterocycles. The van der Waals surface area contributed by atoms with Crippen molar-refractivity contribution < 1.29 is 5.11 Å². The molecule has 7 heteroatoms. The van der Waals surface area contributed by atoms with Gasteiger partial charge in [-0.2, -0.15) is 15.1 Å². The zero-order valence-corrected chi connectivity index (χ0v) is 12.1. The second-order valence-corrected chi connectivity index (χ2v) is 4.64. The number of anilines is 2. The Morgan fingerprint density at radius 3 is 2.80 bits per heavy atom. The molecule has 0 bridgehead atoms. The van der Waals surface area contributed by atoms with Crippen LogP contribution in [0, 0.1) is 0 Å². The number of aliphatic hydroxyl groups excluding tert-OH is 1. The number of rotatable bonds is 8. The first kappa shape index (κ1) is 14.5. The van der Waals surface area contributed by atoms with Crippen molar-refractivity contribution in [2.45, 2.75) is 26.7 Å². The molecule has 0 radical (unpaired) electrons. The minimum atomic E-state index is 0.0983. The van der Waals surface area contributed by atoms with E-state index in [0.29, 0.717) is 18.1 Å². The molecule has 2 aromatic rings. The second kappa shape index (κ2) is 7.04. The molecule has 0 unspecified atom stereocenters. The van der Waals surface area contributed by atoms with Gasteiger partial charge in [0, 0.05) is 19.6 Å². The van der Waals surface area contributed by atoms with Crippen LogP contribution in [0.2, 0.25) is 0 Å². The zero-order chi connectivity index (χ0) is 14.4. The van der Waals surface area contributed by atoms with Crippen molar-refractivity contribution in [1.29, 1.82) is 0 Å². The van der Waals surface area contributed by atoms with Crippen LogP contribution < -0.4 is 10.2 Å². The van der Waals surface area contributed by atoms with Crippen molar-refractivity contribution in [2.24, 2.45) is 0 Å². The highest BCUT2D eigenvalue weighted by Crippen LogP contribution is 2.23. The van der Waals surface area contributed by atoms with Gasteiger partial charge in [0.2, 0.25) is 5.95 Å². The van der Waals surface area contributed by atoms with Crippen LogP contribution in [0.25, 0.3) is 11.0 Å². The molecular weight excluding hydrogens is 256 g/mol. The minimum absolute atomic E-state index is 0.0983. The third-order valence-corrected chi connectivity index (χ3v) is 2.99. The van der Waals surface area contributed by atoms with Crippen LogP contribution in [-0.4, -0.2) is 51.5 Å². The number of nitrogens with zero attached hydrogens (tertiary/aromatic N) is 4. The molecule has 0 atom stereocenters. The zero-order valence-electron chi connectivity index (χ0n) is 12.1. The number of nitrogens with one attached hydrogen (secondary N) is 2. The van der Waals surface area contributed by atoms with E-state index in [1.54, 1.807) is 6.20 Å². The second-order valence-electron chi connectivity index (χ2n) is 4.64. The molecular formula is C13H22N6O. The van der Waals surface area contributed by atoms with Crippen LogP contribution in [0.1, 0.15) is 26.7 Å². The van der Waals surface area contributed by atoms with E-state index in [4.69, 9.17) is 0 Å². The molecule has 0 spiro atoms. The van der Waals surface area contributed by atoms with Crippen LogP contribution >= 0.6 is 0 Å². The smallest absolute Gasteiger partial charge is 0.226 e. The lowest BCUT2D eigenvalue weighted by atomic mass is 10.3. The molecule has 110 valence electrons. The maximum Gasteiger partial charge on any atom is 0.226 e. The lowest BCUT2D eigenvalue weighted by Gasteiger charge is -2.23. The van der Waals surface area contributed by atoms with Crippen LogP contribution in [0.3, 0.4) is 0 Å². The first-order chi connectivity index (χ1) is 9.80. The summed E-state index contributed by atoms with van der Waals surface area (Å²) in [6, 6.07) is 0. The summed E-state index contributed by atoms with van der Waals surface area (Å²) in [5.41, 5.74) is 0.715.